The first-order chi connectivity index (χ1) is 19.2. The summed E-state index contributed by atoms with van der Waals surface area (Å²) in [6, 6.07) is 21.6. The number of pyridine rings is 1. The lowest BCUT2D eigenvalue weighted by molar-refractivity contribution is -0.129. The summed E-state index contributed by atoms with van der Waals surface area (Å²) in [6.45, 7) is 3.48. The lowest BCUT2D eigenvalue weighted by Gasteiger charge is -2.28. The Bertz CT molecular complexity index is 1280. The first-order valence-electron chi connectivity index (χ1n) is 13.2. The molecule has 9 nitrogen and oxygen atoms in total. The first kappa shape index (κ1) is 30.0. The molecule has 3 amide bonds. The fraction of sp³-hybridized carbons (Fsp3) is 0.323. The van der Waals surface area contributed by atoms with E-state index in [4.69, 9.17) is 4.74 Å². The van der Waals surface area contributed by atoms with Crippen LogP contribution in [0.4, 0.5) is 4.79 Å². The number of Topliss-reactive ketones (excluding diaryl/α,β-unsaturated/α-hetero) is 1. The number of carbonyl (C=O) groups excluding carboxylic acids is 4. The Balaban J connectivity index is 1.46. The maximum Gasteiger partial charge on any atom is 0.410 e. The number of nitrogens with one attached hydrogen (secondary N) is 2. The molecule has 1 heterocycles. The van der Waals surface area contributed by atoms with Crippen molar-refractivity contribution in [2.75, 3.05) is 20.1 Å². The molecule has 9 heteroatoms. The van der Waals surface area contributed by atoms with E-state index in [1.165, 1.54) is 11.9 Å². The van der Waals surface area contributed by atoms with Crippen molar-refractivity contribution in [3.8, 4) is 11.3 Å². The number of hydrogen-bond acceptors (Lipinski definition) is 6. The van der Waals surface area contributed by atoms with E-state index in [2.05, 4.69) is 15.6 Å². The minimum absolute atomic E-state index is 0.0889. The molecule has 3 rings (SSSR count). The van der Waals surface area contributed by atoms with E-state index in [9.17, 15) is 19.2 Å². The molecule has 0 spiro atoms. The largest absolute Gasteiger partial charge is 0.445 e. The highest BCUT2D eigenvalue weighted by molar-refractivity contribution is 5.92. The van der Waals surface area contributed by atoms with Gasteiger partial charge in [0.25, 0.3) is 0 Å². The molecule has 0 aliphatic heterocycles. The number of ether oxygens (including phenoxy) is 1. The van der Waals surface area contributed by atoms with Crippen molar-refractivity contribution >= 4 is 23.7 Å². The number of likely N-dealkylation sites (N-methyl/N-ethyl adjacent to an activating group) is 1. The zero-order chi connectivity index (χ0) is 28.9. The average Bonchev–Trinajstić information content (AvgIpc) is 2.97. The molecule has 0 aliphatic carbocycles. The van der Waals surface area contributed by atoms with Gasteiger partial charge in [0.1, 0.15) is 12.6 Å². The van der Waals surface area contributed by atoms with Crippen LogP contribution >= 0.6 is 0 Å². The number of hydrogen-bond donors (Lipinski definition) is 2. The van der Waals surface area contributed by atoms with Crippen molar-refractivity contribution in [3.05, 3.63) is 90.1 Å². The Hall–Kier alpha value is -4.53. The molecule has 1 atom stereocenters. The topological polar surface area (TPSA) is 118 Å². The molecule has 0 radical (unpaired) electrons. The predicted molar refractivity (Wildman–Crippen MR) is 152 cm³/mol. The number of nitrogens with zero attached hydrogens (tertiary/aromatic N) is 2. The molecule has 0 saturated heterocycles. The predicted octanol–water partition coefficient (Wildman–Crippen LogP) is 3.78. The van der Waals surface area contributed by atoms with Crippen LogP contribution in [0.2, 0.25) is 0 Å². The van der Waals surface area contributed by atoms with Crippen molar-refractivity contribution in [3.63, 3.8) is 0 Å². The van der Waals surface area contributed by atoms with E-state index in [1.807, 2.05) is 86.6 Å². The maximum absolute atomic E-state index is 12.9. The van der Waals surface area contributed by atoms with Crippen LogP contribution < -0.4 is 10.6 Å². The fourth-order valence-electron chi connectivity index (χ4n) is 4.02. The number of rotatable bonds is 13. The SMILES string of the molecule is CC(C)C[C@@H](C(=O)NCC(=O)CNC(=O)Cc1cccc(-c2ccccn2)c1)N(C)C(=O)OCc1ccccc1. The third-order valence-corrected chi connectivity index (χ3v) is 6.15. The van der Waals surface area contributed by atoms with Gasteiger partial charge < -0.3 is 15.4 Å². The summed E-state index contributed by atoms with van der Waals surface area (Å²) in [4.78, 5) is 56.0. The Kier molecular flexibility index (Phi) is 11.4. The normalized spacial score (nSPS) is 11.4. The maximum atomic E-state index is 12.9. The van der Waals surface area contributed by atoms with Gasteiger partial charge in [-0.05, 0) is 41.7 Å². The summed E-state index contributed by atoms with van der Waals surface area (Å²) >= 11 is 0. The van der Waals surface area contributed by atoms with Crippen molar-refractivity contribution in [1.82, 2.24) is 20.5 Å². The van der Waals surface area contributed by atoms with E-state index >= 15 is 0 Å². The Morgan fingerprint density at radius 1 is 0.875 bits per heavy atom. The summed E-state index contributed by atoms with van der Waals surface area (Å²) in [5.74, 6) is -1.01. The molecule has 1 aromatic heterocycles. The quantitative estimate of drug-likeness (QED) is 0.338. The van der Waals surface area contributed by atoms with Crippen LogP contribution in [-0.2, 0) is 32.1 Å². The summed E-state index contributed by atoms with van der Waals surface area (Å²) in [5.41, 5.74) is 3.33. The van der Waals surface area contributed by atoms with Gasteiger partial charge in [-0.3, -0.25) is 24.3 Å². The second kappa shape index (κ2) is 15.2. The van der Waals surface area contributed by atoms with Crippen LogP contribution in [0.3, 0.4) is 0 Å². The third kappa shape index (κ3) is 9.65. The standard InChI is InChI=1S/C31H36N4O5/c1-22(2)16-28(35(3)31(39)40-21-23-10-5-4-6-11-23)30(38)34-20-26(36)19-33-29(37)18-24-12-9-13-25(17-24)27-14-7-8-15-32-27/h4-15,17,22,28H,16,18-21H2,1-3H3,(H,33,37)(H,34,38)/t28-/m0/s1. The van der Waals surface area contributed by atoms with Crippen molar-refractivity contribution in [2.24, 2.45) is 5.92 Å². The van der Waals surface area contributed by atoms with Gasteiger partial charge >= 0.3 is 6.09 Å². The van der Waals surface area contributed by atoms with Crippen LogP contribution in [0.1, 0.15) is 31.4 Å². The summed E-state index contributed by atoms with van der Waals surface area (Å²) in [6.07, 6.45) is 1.58. The van der Waals surface area contributed by atoms with Crippen LogP contribution in [0.25, 0.3) is 11.3 Å². The number of benzene rings is 2. The van der Waals surface area contributed by atoms with Gasteiger partial charge in [-0.2, -0.15) is 0 Å². The van der Waals surface area contributed by atoms with Crippen LogP contribution in [-0.4, -0.2) is 59.8 Å². The zero-order valence-electron chi connectivity index (χ0n) is 23.1. The number of aromatic nitrogens is 1. The first-order valence-corrected chi connectivity index (χ1v) is 13.2. The fourth-order valence-corrected chi connectivity index (χ4v) is 4.02. The molecular weight excluding hydrogens is 508 g/mol. The smallest absolute Gasteiger partial charge is 0.410 e. The number of carbonyl (C=O) groups is 4. The Morgan fingerprint density at radius 3 is 2.27 bits per heavy atom. The van der Waals surface area contributed by atoms with Gasteiger partial charge in [-0.25, -0.2) is 4.79 Å². The van der Waals surface area contributed by atoms with Crippen LogP contribution in [0, 0.1) is 5.92 Å². The van der Waals surface area contributed by atoms with Gasteiger partial charge in [-0.15, -0.1) is 0 Å². The van der Waals surface area contributed by atoms with Crippen LogP contribution in [0.5, 0.6) is 0 Å². The highest BCUT2D eigenvalue weighted by Crippen LogP contribution is 2.18. The van der Waals surface area contributed by atoms with Gasteiger partial charge in [0.15, 0.2) is 5.78 Å². The molecule has 2 aromatic carbocycles. The summed E-state index contributed by atoms with van der Waals surface area (Å²) < 4.78 is 5.36. The minimum atomic E-state index is -0.808. The molecule has 40 heavy (non-hydrogen) atoms. The van der Waals surface area contributed by atoms with Gasteiger partial charge in [0.2, 0.25) is 11.8 Å². The molecule has 0 fully saturated rings. The van der Waals surface area contributed by atoms with Gasteiger partial charge in [-0.1, -0.05) is 68.4 Å². The van der Waals surface area contributed by atoms with E-state index in [0.29, 0.717) is 6.42 Å². The van der Waals surface area contributed by atoms with Crippen LogP contribution in [0.15, 0.2) is 79.0 Å². The molecule has 2 N–H and O–H groups in total. The Morgan fingerprint density at radius 2 is 1.57 bits per heavy atom. The number of amides is 3. The third-order valence-electron chi connectivity index (χ3n) is 6.15. The molecule has 3 aromatic rings. The van der Waals surface area contributed by atoms with E-state index in [-0.39, 0.29) is 43.7 Å². The Labute approximate surface area is 234 Å². The average molecular weight is 545 g/mol. The second-order valence-electron chi connectivity index (χ2n) is 9.92. The lowest BCUT2D eigenvalue weighted by Crippen LogP contribution is -2.50. The van der Waals surface area contributed by atoms with Crippen molar-refractivity contribution in [1.29, 1.82) is 0 Å². The van der Waals surface area contributed by atoms with Gasteiger partial charge in [0.05, 0.1) is 25.2 Å². The molecule has 0 aliphatic rings. The van der Waals surface area contributed by atoms with E-state index in [1.54, 1.807) is 6.20 Å². The highest BCUT2D eigenvalue weighted by atomic mass is 16.6. The molecule has 0 saturated carbocycles. The summed E-state index contributed by atoms with van der Waals surface area (Å²) in [7, 11) is 1.50. The van der Waals surface area contributed by atoms with E-state index in [0.717, 1.165) is 22.4 Å². The zero-order valence-corrected chi connectivity index (χ0v) is 23.1. The monoisotopic (exact) mass is 544 g/mol. The molecule has 0 bridgehead atoms. The molecule has 0 unspecified atom stereocenters. The lowest BCUT2D eigenvalue weighted by atomic mass is 10.0. The highest BCUT2D eigenvalue weighted by Gasteiger charge is 2.29. The van der Waals surface area contributed by atoms with Gasteiger partial charge in [0, 0.05) is 18.8 Å². The molecule has 210 valence electrons. The molecular formula is C31H36N4O5. The second-order valence-corrected chi connectivity index (χ2v) is 9.92. The van der Waals surface area contributed by atoms with Crippen molar-refractivity contribution < 1.29 is 23.9 Å². The van der Waals surface area contributed by atoms with E-state index < -0.39 is 18.0 Å². The van der Waals surface area contributed by atoms with Crippen molar-refractivity contribution in [2.45, 2.75) is 39.3 Å². The summed E-state index contributed by atoms with van der Waals surface area (Å²) in [5, 5.41) is 5.21. The number of ketones is 1. The minimum Gasteiger partial charge on any atom is -0.445 e.